The molecule has 1 aliphatic rings. The zero-order chi connectivity index (χ0) is 15.2. The average Bonchev–Trinajstić information content (AvgIpc) is 3.13. The SMILES string of the molecule is CC[C@H](CC1CCCC1)C(=O)NC[C@@H](C)c1nncn1C. The Morgan fingerprint density at radius 1 is 1.48 bits per heavy atom. The van der Waals surface area contributed by atoms with E-state index in [-0.39, 0.29) is 17.7 Å². The zero-order valence-electron chi connectivity index (χ0n) is 13.5. The minimum Gasteiger partial charge on any atom is -0.355 e. The maximum atomic E-state index is 12.4. The Balaban J connectivity index is 1.80. The zero-order valence-corrected chi connectivity index (χ0v) is 13.5. The van der Waals surface area contributed by atoms with Crippen LogP contribution in [-0.2, 0) is 11.8 Å². The molecule has 1 aromatic rings. The number of rotatable bonds is 7. The van der Waals surface area contributed by atoms with Gasteiger partial charge >= 0.3 is 0 Å². The van der Waals surface area contributed by atoms with E-state index in [9.17, 15) is 4.79 Å². The first kappa shape index (κ1) is 16.0. The summed E-state index contributed by atoms with van der Waals surface area (Å²) in [4.78, 5) is 12.4. The van der Waals surface area contributed by atoms with E-state index in [4.69, 9.17) is 0 Å². The summed E-state index contributed by atoms with van der Waals surface area (Å²) < 4.78 is 1.91. The topological polar surface area (TPSA) is 59.8 Å². The second kappa shape index (κ2) is 7.57. The highest BCUT2D eigenvalue weighted by Crippen LogP contribution is 2.31. The van der Waals surface area contributed by atoms with Crippen LogP contribution < -0.4 is 5.32 Å². The largest absolute Gasteiger partial charge is 0.355 e. The fraction of sp³-hybridized carbons (Fsp3) is 0.812. The molecule has 1 N–H and O–H groups in total. The number of hydrogen-bond acceptors (Lipinski definition) is 3. The normalized spacial score (nSPS) is 18.6. The fourth-order valence-corrected chi connectivity index (χ4v) is 3.34. The minimum atomic E-state index is 0.166. The maximum absolute atomic E-state index is 12.4. The molecule has 2 rings (SSSR count). The van der Waals surface area contributed by atoms with E-state index in [0.29, 0.717) is 6.54 Å². The van der Waals surface area contributed by atoms with Crippen LogP contribution in [0.2, 0.25) is 0 Å². The third-order valence-electron chi connectivity index (χ3n) is 4.73. The molecule has 0 aromatic carbocycles. The van der Waals surface area contributed by atoms with Gasteiger partial charge in [-0.25, -0.2) is 0 Å². The number of aromatic nitrogens is 3. The number of aryl methyl sites for hydroxylation is 1. The number of nitrogens with one attached hydrogen (secondary N) is 1. The van der Waals surface area contributed by atoms with E-state index < -0.39 is 0 Å². The summed E-state index contributed by atoms with van der Waals surface area (Å²) in [5.74, 6) is 2.24. The summed E-state index contributed by atoms with van der Waals surface area (Å²) in [6.45, 7) is 4.82. The van der Waals surface area contributed by atoms with Crippen LogP contribution in [0.5, 0.6) is 0 Å². The van der Waals surface area contributed by atoms with Gasteiger partial charge in [0.2, 0.25) is 5.91 Å². The Kier molecular flexibility index (Phi) is 5.76. The van der Waals surface area contributed by atoms with Gasteiger partial charge in [0.05, 0.1) is 0 Å². The summed E-state index contributed by atoms with van der Waals surface area (Å²) in [6.07, 6.45) is 8.97. The summed E-state index contributed by atoms with van der Waals surface area (Å²) in [5.41, 5.74) is 0. The lowest BCUT2D eigenvalue weighted by Gasteiger charge is -2.20. The average molecular weight is 292 g/mol. The van der Waals surface area contributed by atoms with Crippen molar-refractivity contribution in [2.24, 2.45) is 18.9 Å². The molecule has 0 unspecified atom stereocenters. The van der Waals surface area contributed by atoms with Gasteiger partial charge < -0.3 is 9.88 Å². The van der Waals surface area contributed by atoms with Crippen LogP contribution >= 0.6 is 0 Å². The Morgan fingerprint density at radius 3 is 2.76 bits per heavy atom. The predicted molar refractivity (Wildman–Crippen MR) is 82.8 cm³/mol. The molecule has 2 atom stereocenters. The molecule has 0 saturated heterocycles. The molecular weight excluding hydrogens is 264 g/mol. The Hall–Kier alpha value is -1.39. The summed E-state index contributed by atoms with van der Waals surface area (Å²) in [5, 5.41) is 11.1. The molecule has 0 radical (unpaired) electrons. The molecule has 5 heteroatoms. The van der Waals surface area contributed by atoms with Crippen molar-refractivity contribution in [3.8, 4) is 0 Å². The van der Waals surface area contributed by atoms with Crippen LogP contribution in [0.1, 0.15) is 64.1 Å². The standard InChI is InChI=1S/C16H28N4O/c1-4-14(9-13-7-5-6-8-13)16(21)17-10-12(2)15-19-18-11-20(15)3/h11-14H,4-10H2,1-3H3,(H,17,21)/t12-,14-/m1/s1. The number of carbonyl (C=O) groups is 1. The second-order valence-corrected chi connectivity index (χ2v) is 6.44. The molecule has 1 heterocycles. The number of hydrogen-bond donors (Lipinski definition) is 1. The monoisotopic (exact) mass is 292 g/mol. The quantitative estimate of drug-likeness (QED) is 0.840. The van der Waals surface area contributed by atoms with Crippen molar-refractivity contribution in [2.45, 2.75) is 58.3 Å². The van der Waals surface area contributed by atoms with E-state index in [2.05, 4.69) is 29.4 Å². The molecular formula is C16H28N4O. The number of carbonyl (C=O) groups excluding carboxylic acids is 1. The smallest absolute Gasteiger partial charge is 0.223 e. The molecule has 1 aromatic heterocycles. The van der Waals surface area contributed by atoms with Crippen molar-refractivity contribution in [3.63, 3.8) is 0 Å². The third-order valence-corrected chi connectivity index (χ3v) is 4.73. The Labute approximate surface area is 127 Å². The predicted octanol–water partition coefficient (Wildman–Crippen LogP) is 2.64. The molecule has 1 amide bonds. The van der Waals surface area contributed by atoms with Gasteiger partial charge in [0.25, 0.3) is 0 Å². The van der Waals surface area contributed by atoms with Crippen molar-refractivity contribution < 1.29 is 4.79 Å². The molecule has 1 aliphatic carbocycles. The molecule has 0 bridgehead atoms. The maximum Gasteiger partial charge on any atom is 0.223 e. The number of nitrogens with zero attached hydrogens (tertiary/aromatic N) is 3. The first-order chi connectivity index (χ1) is 10.1. The van der Waals surface area contributed by atoms with Crippen molar-refractivity contribution in [1.82, 2.24) is 20.1 Å². The van der Waals surface area contributed by atoms with Gasteiger partial charge in [0.15, 0.2) is 0 Å². The van der Waals surface area contributed by atoms with Crippen LogP contribution in [0.15, 0.2) is 6.33 Å². The molecule has 118 valence electrons. The lowest BCUT2D eigenvalue weighted by atomic mass is 9.90. The van der Waals surface area contributed by atoms with Crippen molar-refractivity contribution >= 4 is 5.91 Å². The van der Waals surface area contributed by atoms with Crippen LogP contribution in [0.3, 0.4) is 0 Å². The Morgan fingerprint density at radius 2 is 2.19 bits per heavy atom. The van der Waals surface area contributed by atoms with Crippen LogP contribution in [0.4, 0.5) is 0 Å². The highest BCUT2D eigenvalue weighted by Gasteiger charge is 2.24. The van der Waals surface area contributed by atoms with Gasteiger partial charge in [0.1, 0.15) is 12.2 Å². The first-order valence-corrected chi connectivity index (χ1v) is 8.23. The van der Waals surface area contributed by atoms with Gasteiger partial charge in [-0.2, -0.15) is 0 Å². The van der Waals surface area contributed by atoms with Crippen LogP contribution in [0, 0.1) is 11.8 Å². The van der Waals surface area contributed by atoms with Gasteiger partial charge in [-0.05, 0) is 18.8 Å². The lowest BCUT2D eigenvalue weighted by Crippen LogP contribution is -2.34. The minimum absolute atomic E-state index is 0.166. The van der Waals surface area contributed by atoms with Crippen molar-refractivity contribution in [1.29, 1.82) is 0 Å². The van der Waals surface area contributed by atoms with Crippen molar-refractivity contribution in [3.05, 3.63) is 12.2 Å². The molecule has 5 nitrogen and oxygen atoms in total. The first-order valence-electron chi connectivity index (χ1n) is 8.23. The molecule has 1 fully saturated rings. The van der Waals surface area contributed by atoms with Crippen LogP contribution in [-0.4, -0.2) is 27.2 Å². The summed E-state index contributed by atoms with van der Waals surface area (Å²) in [7, 11) is 1.93. The molecule has 0 aliphatic heterocycles. The van der Waals surface area contributed by atoms with E-state index >= 15 is 0 Å². The fourth-order valence-electron chi connectivity index (χ4n) is 3.34. The molecule has 0 spiro atoms. The second-order valence-electron chi connectivity index (χ2n) is 6.44. The van der Waals surface area contributed by atoms with Crippen molar-refractivity contribution in [2.75, 3.05) is 6.54 Å². The summed E-state index contributed by atoms with van der Waals surface area (Å²) >= 11 is 0. The van der Waals surface area contributed by atoms with E-state index in [1.54, 1.807) is 6.33 Å². The highest BCUT2D eigenvalue weighted by atomic mass is 16.1. The lowest BCUT2D eigenvalue weighted by molar-refractivity contribution is -0.125. The van der Waals surface area contributed by atoms with E-state index in [0.717, 1.165) is 24.6 Å². The van der Waals surface area contributed by atoms with E-state index in [1.807, 2.05) is 11.6 Å². The van der Waals surface area contributed by atoms with Gasteiger partial charge in [-0.15, -0.1) is 10.2 Å². The van der Waals surface area contributed by atoms with Gasteiger partial charge in [-0.1, -0.05) is 39.5 Å². The molecule has 1 saturated carbocycles. The Bertz CT molecular complexity index is 451. The van der Waals surface area contributed by atoms with E-state index in [1.165, 1.54) is 25.7 Å². The number of amides is 1. The van der Waals surface area contributed by atoms with Gasteiger partial charge in [-0.3, -0.25) is 4.79 Å². The van der Waals surface area contributed by atoms with Crippen LogP contribution in [0.25, 0.3) is 0 Å². The highest BCUT2D eigenvalue weighted by molar-refractivity contribution is 5.78. The third kappa shape index (κ3) is 4.29. The van der Waals surface area contributed by atoms with Gasteiger partial charge in [0, 0.05) is 25.4 Å². The molecule has 21 heavy (non-hydrogen) atoms. The summed E-state index contributed by atoms with van der Waals surface area (Å²) in [6, 6.07) is 0.